The van der Waals surface area contributed by atoms with Crippen LogP contribution in [-0.2, 0) is 0 Å². The molecule has 1 aromatic heterocycles. The Bertz CT molecular complexity index is 400. The molecule has 0 bridgehead atoms. The van der Waals surface area contributed by atoms with Crippen LogP contribution in [0.4, 0.5) is 0 Å². The zero-order valence-electron chi connectivity index (χ0n) is 5.21. The summed E-state index contributed by atoms with van der Waals surface area (Å²) < 4.78 is 5.66. The maximum absolute atomic E-state index is 5.92. The molecule has 1 aromatic carbocycles. The Morgan fingerprint density at radius 3 is 3.09 bits per heavy atom. The first-order valence-electron chi connectivity index (χ1n) is 2.85. The van der Waals surface area contributed by atoms with Gasteiger partial charge < -0.3 is 0 Å². The summed E-state index contributed by atoms with van der Waals surface area (Å²) in [4.78, 5) is 0. The molecule has 0 aliphatic heterocycles. The highest BCUT2D eigenvalue weighted by atomic mass is 79.9. The Kier molecular flexibility index (Phi) is 1.83. The van der Waals surface area contributed by atoms with Gasteiger partial charge in [0.1, 0.15) is 5.52 Å². The molecule has 0 aliphatic rings. The predicted octanol–water partition coefficient (Wildman–Crippen LogP) is 3.11. The molecule has 5 heteroatoms. The molecule has 0 saturated carbocycles. The summed E-state index contributed by atoms with van der Waals surface area (Å²) in [5, 5.41) is 4.52. The van der Waals surface area contributed by atoms with Crippen LogP contribution < -0.4 is 0 Å². The highest BCUT2D eigenvalue weighted by Gasteiger charge is 2.05. The molecule has 0 aliphatic carbocycles. The lowest BCUT2D eigenvalue weighted by molar-refractivity contribution is 1.20. The van der Waals surface area contributed by atoms with Gasteiger partial charge in [-0.25, -0.2) is 0 Å². The summed E-state index contributed by atoms with van der Waals surface area (Å²) in [7, 11) is 0. The summed E-state index contributed by atoms with van der Waals surface area (Å²) in [6.45, 7) is 0. The molecule has 2 rings (SSSR count). The van der Waals surface area contributed by atoms with Gasteiger partial charge in [0.25, 0.3) is 0 Å². The summed E-state index contributed by atoms with van der Waals surface area (Å²) in [5.41, 5.74) is 0.769. The highest BCUT2D eigenvalue weighted by molar-refractivity contribution is 9.10. The van der Waals surface area contributed by atoms with Crippen molar-refractivity contribution in [3.63, 3.8) is 0 Å². The highest BCUT2D eigenvalue weighted by Crippen LogP contribution is 2.30. The third-order valence-corrected chi connectivity index (χ3v) is 3.27. The van der Waals surface area contributed by atoms with Crippen LogP contribution in [0.15, 0.2) is 16.6 Å². The number of hydrogen-bond acceptors (Lipinski definition) is 3. The summed E-state index contributed by atoms with van der Waals surface area (Å²) >= 11 is 10.6. The van der Waals surface area contributed by atoms with E-state index < -0.39 is 0 Å². The quantitative estimate of drug-likeness (QED) is 0.717. The van der Waals surface area contributed by atoms with Gasteiger partial charge >= 0.3 is 0 Å². The van der Waals surface area contributed by atoms with Crippen molar-refractivity contribution in [2.45, 2.75) is 0 Å². The smallest absolute Gasteiger partial charge is 0.125 e. The first kappa shape index (κ1) is 7.46. The Morgan fingerprint density at radius 2 is 2.27 bits per heavy atom. The first-order valence-corrected chi connectivity index (χ1v) is 4.79. The molecule has 0 spiro atoms. The van der Waals surface area contributed by atoms with E-state index in [1.54, 1.807) is 0 Å². The van der Waals surface area contributed by atoms with E-state index in [1.807, 2.05) is 12.1 Å². The largest absolute Gasteiger partial charge is 0.136 e. The number of hydrogen-bond donors (Lipinski definition) is 0. The monoisotopic (exact) mass is 248 g/mol. The molecule has 2 aromatic rings. The molecule has 0 saturated heterocycles. The van der Waals surface area contributed by atoms with Gasteiger partial charge in [-0.15, -0.1) is 5.10 Å². The van der Waals surface area contributed by atoms with Crippen molar-refractivity contribution in [3.8, 4) is 0 Å². The van der Waals surface area contributed by atoms with Crippen LogP contribution in [0, 0.1) is 0 Å². The topological polar surface area (TPSA) is 25.8 Å². The van der Waals surface area contributed by atoms with Crippen molar-refractivity contribution in [1.82, 2.24) is 9.59 Å². The van der Waals surface area contributed by atoms with E-state index in [4.69, 9.17) is 11.6 Å². The summed E-state index contributed by atoms with van der Waals surface area (Å²) in [6, 6.07) is 3.83. The number of benzene rings is 1. The second kappa shape index (κ2) is 2.69. The van der Waals surface area contributed by atoms with E-state index in [9.17, 15) is 0 Å². The number of aromatic nitrogens is 2. The van der Waals surface area contributed by atoms with Gasteiger partial charge in [0.05, 0.1) is 9.72 Å². The minimum absolute atomic E-state index is 0.635. The zero-order chi connectivity index (χ0) is 7.84. The Morgan fingerprint density at radius 1 is 1.45 bits per heavy atom. The van der Waals surface area contributed by atoms with Crippen LogP contribution in [0.5, 0.6) is 0 Å². The van der Waals surface area contributed by atoms with E-state index in [1.165, 1.54) is 11.5 Å². The van der Waals surface area contributed by atoms with Crippen molar-refractivity contribution in [2.75, 3.05) is 0 Å². The third-order valence-electron chi connectivity index (χ3n) is 1.31. The minimum atomic E-state index is 0.635. The van der Waals surface area contributed by atoms with Gasteiger partial charge in [-0.05, 0) is 39.6 Å². The fourth-order valence-electron chi connectivity index (χ4n) is 0.794. The van der Waals surface area contributed by atoms with Crippen LogP contribution in [0.1, 0.15) is 0 Å². The molecule has 1 heterocycles. The molecule has 11 heavy (non-hydrogen) atoms. The second-order valence-electron chi connectivity index (χ2n) is 1.98. The van der Waals surface area contributed by atoms with Crippen LogP contribution in [-0.4, -0.2) is 9.59 Å². The normalized spacial score (nSPS) is 10.7. The fraction of sp³-hybridized carbons (Fsp3) is 0. The minimum Gasteiger partial charge on any atom is -0.136 e. The van der Waals surface area contributed by atoms with E-state index in [0.717, 1.165) is 14.7 Å². The van der Waals surface area contributed by atoms with Gasteiger partial charge in [-0.2, -0.15) is 0 Å². The molecule has 0 unspecified atom stereocenters. The Hall–Kier alpha value is -0.190. The summed E-state index contributed by atoms with van der Waals surface area (Å²) in [5.74, 6) is 0. The zero-order valence-corrected chi connectivity index (χ0v) is 8.37. The van der Waals surface area contributed by atoms with Crippen LogP contribution >= 0.6 is 39.1 Å². The Balaban J connectivity index is 2.93. The number of halogens is 2. The average Bonchev–Trinajstić information content (AvgIpc) is 2.45. The van der Waals surface area contributed by atoms with Gasteiger partial charge in [0, 0.05) is 4.47 Å². The van der Waals surface area contributed by atoms with Gasteiger partial charge in [-0.3, -0.25) is 0 Å². The van der Waals surface area contributed by atoms with Crippen molar-refractivity contribution >= 4 is 49.3 Å². The maximum Gasteiger partial charge on any atom is 0.125 e. The lowest BCUT2D eigenvalue weighted by Gasteiger charge is -1.92. The molecule has 56 valence electrons. The van der Waals surface area contributed by atoms with Crippen molar-refractivity contribution in [2.24, 2.45) is 0 Å². The molecular weight excluding hydrogens is 248 g/mol. The fourth-order valence-corrected chi connectivity index (χ4v) is 1.94. The molecule has 0 atom stereocenters. The van der Waals surface area contributed by atoms with Gasteiger partial charge in [0.2, 0.25) is 0 Å². The molecule has 2 nitrogen and oxygen atoms in total. The van der Waals surface area contributed by atoms with E-state index in [-0.39, 0.29) is 0 Å². The Labute approximate surface area is 80.5 Å². The lowest BCUT2D eigenvalue weighted by Crippen LogP contribution is -1.72. The molecule has 0 radical (unpaired) electrons. The number of fused-ring (bicyclic) bond motifs is 1. The van der Waals surface area contributed by atoms with Crippen molar-refractivity contribution < 1.29 is 0 Å². The third kappa shape index (κ3) is 1.15. The van der Waals surface area contributed by atoms with Crippen LogP contribution in [0.3, 0.4) is 0 Å². The van der Waals surface area contributed by atoms with Gasteiger partial charge in [-0.1, -0.05) is 16.1 Å². The second-order valence-corrected chi connectivity index (χ2v) is 4.00. The first-order chi connectivity index (χ1) is 5.29. The predicted molar refractivity (Wildman–Crippen MR) is 50.1 cm³/mol. The average molecular weight is 250 g/mol. The molecule has 0 N–H and O–H groups in total. The SMILES string of the molecule is Clc1c(Br)ccc2snnc12. The molecular formula is C6H2BrClN2S. The number of rotatable bonds is 0. The van der Waals surface area contributed by atoms with E-state index in [2.05, 4.69) is 25.5 Å². The lowest BCUT2D eigenvalue weighted by atomic mass is 10.3. The van der Waals surface area contributed by atoms with Crippen molar-refractivity contribution in [1.29, 1.82) is 0 Å². The van der Waals surface area contributed by atoms with Crippen molar-refractivity contribution in [3.05, 3.63) is 21.6 Å². The van der Waals surface area contributed by atoms with Crippen LogP contribution in [0.25, 0.3) is 10.2 Å². The standard InChI is InChI=1S/C6H2BrClN2S/c7-3-1-2-4-6(5(3)8)9-10-11-4/h1-2H. The molecule has 0 amide bonds. The molecule has 0 fully saturated rings. The maximum atomic E-state index is 5.92. The van der Waals surface area contributed by atoms with Gasteiger partial charge in [0.15, 0.2) is 0 Å². The number of nitrogens with zero attached hydrogens (tertiary/aromatic N) is 2. The summed E-state index contributed by atoms with van der Waals surface area (Å²) in [6.07, 6.45) is 0. The van der Waals surface area contributed by atoms with E-state index in [0.29, 0.717) is 5.02 Å². The van der Waals surface area contributed by atoms with E-state index >= 15 is 0 Å². The van der Waals surface area contributed by atoms with Crippen LogP contribution in [0.2, 0.25) is 5.02 Å².